The molecule has 6 nitrogen and oxygen atoms in total. The van der Waals surface area contributed by atoms with Crippen molar-refractivity contribution in [3.8, 4) is 0 Å². The van der Waals surface area contributed by atoms with Crippen LogP contribution in [-0.4, -0.2) is 40.8 Å². The summed E-state index contributed by atoms with van der Waals surface area (Å²) in [6.45, 7) is 6.81. The van der Waals surface area contributed by atoms with E-state index < -0.39 is 24.0 Å². The van der Waals surface area contributed by atoms with Gasteiger partial charge in [0.1, 0.15) is 12.1 Å². The number of carbonyl (C=O) groups is 2. The van der Waals surface area contributed by atoms with Crippen molar-refractivity contribution in [3.63, 3.8) is 0 Å². The summed E-state index contributed by atoms with van der Waals surface area (Å²) in [4.78, 5) is 21.2. The number of benzene rings is 1. The second-order valence-electron chi connectivity index (χ2n) is 6.82. The fraction of sp³-hybridized carbons (Fsp3) is 0.600. The molecule has 0 heterocycles. The molecular formula is C20H34N2O4. The molecule has 0 bridgehead atoms. The molecule has 0 radical (unpaired) electrons. The highest BCUT2D eigenvalue weighted by Crippen LogP contribution is 2.04. The summed E-state index contributed by atoms with van der Waals surface area (Å²) < 4.78 is 0. The molecule has 0 spiro atoms. The molecular weight excluding hydrogens is 332 g/mol. The van der Waals surface area contributed by atoms with Crippen LogP contribution < -0.4 is 11.1 Å². The zero-order valence-corrected chi connectivity index (χ0v) is 16.1. The standard InChI is InChI=1S/C14H21NO2.C6H13NO2/c1-2-3-7-10-15-13(14(16)17)11-12-8-5-4-6-9-12;1-4(2)3-5(7)6(8)9/h4-6,8-9,13,15H,2-3,7,10-11H2,1H3,(H,16,17);4-5H,3,7H2,1-2H3,(H,8,9). The first-order chi connectivity index (χ1) is 12.3. The average molecular weight is 367 g/mol. The zero-order valence-electron chi connectivity index (χ0n) is 16.1. The van der Waals surface area contributed by atoms with E-state index in [0.29, 0.717) is 18.8 Å². The van der Waals surface area contributed by atoms with Crippen LogP contribution in [0.4, 0.5) is 0 Å². The van der Waals surface area contributed by atoms with Gasteiger partial charge < -0.3 is 21.3 Å². The lowest BCUT2D eigenvalue weighted by Crippen LogP contribution is -2.39. The van der Waals surface area contributed by atoms with Gasteiger partial charge in [0.05, 0.1) is 0 Å². The van der Waals surface area contributed by atoms with Gasteiger partial charge in [-0.3, -0.25) is 9.59 Å². The normalized spacial score (nSPS) is 12.8. The smallest absolute Gasteiger partial charge is 0.321 e. The number of hydrogen-bond donors (Lipinski definition) is 4. The van der Waals surface area contributed by atoms with E-state index in [1.807, 2.05) is 44.2 Å². The lowest BCUT2D eigenvalue weighted by Gasteiger charge is -2.14. The van der Waals surface area contributed by atoms with E-state index in [-0.39, 0.29) is 0 Å². The van der Waals surface area contributed by atoms with Crippen LogP contribution in [0.3, 0.4) is 0 Å². The van der Waals surface area contributed by atoms with Crippen molar-refractivity contribution >= 4 is 11.9 Å². The van der Waals surface area contributed by atoms with Crippen molar-refractivity contribution in [2.75, 3.05) is 6.54 Å². The van der Waals surface area contributed by atoms with Crippen LogP contribution in [0.15, 0.2) is 30.3 Å². The first-order valence-electron chi connectivity index (χ1n) is 9.26. The van der Waals surface area contributed by atoms with Crippen molar-refractivity contribution in [2.24, 2.45) is 11.7 Å². The zero-order chi connectivity index (χ0) is 19.9. The quantitative estimate of drug-likeness (QED) is 0.448. The van der Waals surface area contributed by atoms with E-state index in [9.17, 15) is 9.59 Å². The topological polar surface area (TPSA) is 113 Å². The Bertz CT molecular complexity index is 506. The summed E-state index contributed by atoms with van der Waals surface area (Å²) in [5.41, 5.74) is 6.28. The van der Waals surface area contributed by atoms with Gasteiger partial charge in [-0.2, -0.15) is 0 Å². The number of rotatable bonds is 11. The number of carboxylic acids is 2. The third-order valence-electron chi connectivity index (χ3n) is 3.79. The number of nitrogens with one attached hydrogen (secondary N) is 1. The Kier molecular flexibility index (Phi) is 13.2. The maximum Gasteiger partial charge on any atom is 0.321 e. The van der Waals surface area contributed by atoms with Crippen LogP contribution in [0, 0.1) is 5.92 Å². The Morgan fingerprint density at radius 2 is 1.69 bits per heavy atom. The molecule has 0 aliphatic heterocycles. The van der Waals surface area contributed by atoms with Gasteiger partial charge in [-0.05, 0) is 37.3 Å². The van der Waals surface area contributed by atoms with Gasteiger partial charge in [0.15, 0.2) is 0 Å². The summed E-state index contributed by atoms with van der Waals surface area (Å²) in [6.07, 6.45) is 4.43. The molecule has 0 aromatic heterocycles. The summed E-state index contributed by atoms with van der Waals surface area (Å²) in [5, 5.41) is 20.5. The van der Waals surface area contributed by atoms with Crippen LogP contribution in [-0.2, 0) is 16.0 Å². The summed E-state index contributed by atoms with van der Waals surface area (Å²) >= 11 is 0. The minimum atomic E-state index is -0.913. The molecule has 2 unspecified atom stereocenters. The molecule has 5 N–H and O–H groups in total. The molecule has 1 aromatic rings. The number of carboxylic acid groups (broad SMARTS) is 2. The Hall–Kier alpha value is -1.92. The fourth-order valence-electron chi connectivity index (χ4n) is 2.36. The third kappa shape index (κ3) is 12.4. The largest absolute Gasteiger partial charge is 0.480 e. The van der Waals surface area contributed by atoms with Gasteiger partial charge >= 0.3 is 11.9 Å². The average Bonchev–Trinajstić information content (AvgIpc) is 2.58. The van der Waals surface area contributed by atoms with Crippen molar-refractivity contribution in [2.45, 2.75) is 65.0 Å². The molecule has 0 saturated heterocycles. The van der Waals surface area contributed by atoms with E-state index in [1.165, 1.54) is 0 Å². The van der Waals surface area contributed by atoms with Crippen molar-refractivity contribution in [1.29, 1.82) is 0 Å². The van der Waals surface area contributed by atoms with Gasteiger partial charge in [-0.25, -0.2) is 0 Å². The van der Waals surface area contributed by atoms with Crippen LogP contribution in [0.5, 0.6) is 0 Å². The van der Waals surface area contributed by atoms with E-state index in [1.54, 1.807) is 0 Å². The molecule has 6 heteroatoms. The highest BCUT2D eigenvalue weighted by Gasteiger charge is 2.16. The van der Waals surface area contributed by atoms with E-state index in [4.69, 9.17) is 15.9 Å². The van der Waals surface area contributed by atoms with Gasteiger partial charge in [0.25, 0.3) is 0 Å². The number of hydrogen-bond acceptors (Lipinski definition) is 4. The van der Waals surface area contributed by atoms with Gasteiger partial charge in [-0.15, -0.1) is 0 Å². The lowest BCUT2D eigenvalue weighted by atomic mass is 10.1. The maximum absolute atomic E-state index is 11.1. The Labute approximate surface area is 156 Å². The van der Waals surface area contributed by atoms with Crippen molar-refractivity contribution in [3.05, 3.63) is 35.9 Å². The highest BCUT2D eigenvalue weighted by atomic mass is 16.4. The monoisotopic (exact) mass is 366 g/mol. The SMILES string of the molecule is CC(C)CC(N)C(=O)O.CCCCCNC(Cc1ccccc1)C(=O)O. The number of unbranched alkanes of at least 4 members (excludes halogenated alkanes) is 2. The molecule has 0 amide bonds. The molecule has 148 valence electrons. The molecule has 1 aromatic carbocycles. The third-order valence-corrected chi connectivity index (χ3v) is 3.79. The van der Waals surface area contributed by atoms with Crippen LogP contribution >= 0.6 is 0 Å². The molecule has 0 fully saturated rings. The Balaban J connectivity index is 0.000000590. The molecule has 0 aliphatic rings. The molecule has 0 aliphatic carbocycles. The van der Waals surface area contributed by atoms with Gasteiger partial charge in [-0.1, -0.05) is 63.9 Å². The predicted octanol–water partition coefficient (Wildman–Crippen LogP) is 2.91. The minimum Gasteiger partial charge on any atom is -0.480 e. The van der Waals surface area contributed by atoms with E-state index in [0.717, 1.165) is 31.4 Å². The number of aliphatic carboxylic acids is 2. The first kappa shape index (κ1) is 24.1. The second-order valence-corrected chi connectivity index (χ2v) is 6.82. The highest BCUT2D eigenvalue weighted by molar-refractivity contribution is 5.74. The summed E-state index contributed by atoms with van der Waals surface area (Å²) in [7, 11) is 0. The number of nitrogens with two attached hydrogens (primary N) is 1. The molecule has 1 rings (SSSR count). The van der Waals surface area contributed by atoms with Crippen LogP contribution in [0.2, 0.25) is 0 Å². The molecule has 2 atom stereocenters. The first-order valence-corrected chi connectivity index (χ1v) is 9.26. The maximum atomic E-state index is 11.1. The van der Waals surface area contributed by atoms with Crippen molar-refractivity contribution < 1.29 is 19.8 Å². The van der Waals surface area contributed by atoms with Crippen LogP contribution in [0.25, 0.3) is 0 Å². The fourth-order valence-corrected chi connectivity index (χ4v) is 2.36. The van der Waals surface area contributed by atoms with Gasteiger partial charge in [0, 0.05) is 0 Å². The minimum absolute atomic E-state index is 0.357. The summed E-state index contributed by atoms with van der Waals surface area (Å²) in [5.74, 6) is -1.33. The Morgan fingerprint density at radius 3 is 2.12 bits per heavy atom. The molecule has 0 saturated carbocycles. The Morgan fingerprint density at radius 1 is 1.08 bits per heavy atom. The molecule has 26 heavy (non-hydrogen) atoms. The van der Waals surface area contributed by atoms with Crippen LogP contribution in [0.1, 0.15) is 52.0 Å². The second kappa shape index (κ2) is 14.3. The summed E-state index contributed by atoms with van der Waals surface area (Å²) in [6, 6.07) is 8.57. The van der Waals surface area contributed by atoms with Crippen molar-refractivity contribution in [1.82, 2.24) is 5.32 Å². The van der Waals surface area contributed by atoms with E-state index in [2.05, 4.69) is 12.2 Å². The van der Waals surface area contributed by atoms with E-state index >= 15 is 0 Å². The van der Waals surface area contributed by atoms with Gasteiger partial charge in [0.2, 0.25) is 0 Å². The lowest BCUT2D eigenvalue weighted by molar-refractivity contribution is -0.140. The predicted molar refractivity (Wildman–Crippen MR) is 104 cm³/mol.